The van der Waals surface area contributed by atoms with E-state index in [-0.39, 0.29) is 11.5 Å². The first-order chi connectivity index (χ1) is 7.95. The first kappa shape index (κ1) is 14.9. The number of nitrogens with zero attached hydrogens (tertiary/aromatic N) is 1. The van der Waals surface area contributed by atoms with Crippen LogP contribution in [0.15, 0.2) is 0 Å². The van der Waals surface area contributed by atoms with Crippen molar-refractivity contribution in [2.75, 3.05) is 19.7 Å². The molecule has 2 unspecified atom stereocenters. The molecule has 3 nitrogen and oxygen atoms in total. The zero-order valence-electron chi connectivity index (χ0n) is 11.7. The van der Waals surface area contributed by atoms with Crippen LogP contribution in [0, 0.1) is 5.41 Å². The van der Waals surface area contributed by atoms with Crippen LogP contribution in [0.4, 0.5) is 0 Å². The van der Waals surface area contributed by atoms with E-state index < -0.39 is 0 Å². The van der Waals surface area contributed by atoms with E-state index in [9.17, 15) is 5.11 Å². The van der Waals surface area contributed by atoms with Crippen molar-refractivity contribution in [1.29, 1.82) is 0 Å². The molecule has 0 saturated carbocycles. The molecule has 0 spiro atoms. The number of rotatable bonds is 6. The van der Waals surface area contributed by atoms with E-state index in [0.717, 1.165) is 32.4 Å². The fourth-order valence-electron chi connectivity index (χ4n) is 2.56. The van der Waals surface area contributed by atoms with Crippen molar-refractivity contribution >= 4 is 0 Å². The van der Waals surface area contributed by atoms with Gasteiger partial charge in [0.1, 0.15) is 0 Å². The minimum absolute atomic E-state index is 0.0136. The fraction of sp³-hybridized carbons (Fsp3) is 1.00. The summed E-state index contributed by atoms with van der Waals surface area (Å²) < 4.78 is 0. The van der Waals surface area contributed by atoms with E-state index in [2.05, 4.69) is 25.7 Å². The van der Waals surface area contributed by atoms with Crippen molar-refractivity contribution in [2.45, 2.75) is 65.0 Å². The van der Waals surface area contributed by atoms with Gasteiger partial charge in [0, 0.05) is 19.2 Å². The van der Waals surface area contributed by atoms with Crippen LogP contribution in [-0.4, -0.2) is 47.0 Å². The van der Waals surface area contributed by atoms with Crippen molar-refractivity contribution in [3.05, 3.63) is 0 Å². The highest BCUT2D eigenvalue weighted by Crippen LogP contribution is 2.25. The third-order valence-corrected chi connectivity index (χ3v) is 3.88. The van der Waals surface area contributed by atoms with Crippen LogP contribution in [-0.2, 0) is 0 Å². The third kappa shape index (κ3) is 4.94. The zero-order valence-corrected chi connectivity index (χ0v) is 11.7. The van der Waals surface area contributed by atoms with E-state index in [1.807, 2.05) is 0 Å². The molecule has 1 aliphatic heterocycles. The summed E-state index contributed by atoms with van der Waals surface area (Å²) in [4.78, 5) is 2.49. The molecule has 0 aliphatic carbocycles. The summed E-state index contributed by atoms with van der Waals surface area (Å²) in [7, 11) is 0. The van der Waals surface area contributed by atoms with E-state index in [1.54, 1.807) is 0 Å². The Morgan fingerprint density at radius 3 is 2.65 bits per heavy atom. The van der Waals surface area contributed by atoms with Crippen molar-refractivity contribution in [2.24, 2.45) is 5.41 Å². The second kappa shape index (κ2) is 6.72. The first-order valence-corrected chi connectivity index (χ1v) is 6.98. The molecule has 0 amide bonds. The van der Waals surface area contributed by atoms with Gasteiger partial charge in [-0.1, -0.05) is 20.8 Å². The summed E-state index contributed by atoms with van der Waals surface area (Å²) in [5.41, 5.74) is -0.0136. The molecule has 2 atom stereocenters. The average Bonchev–Trinajstić information content (AvgIpc) is 2.69. The van der Waals surface area contributed by atoms with Gasteiger partial charge in [0.05, 0.1) is 6.10 Å². The number of hydrogen-bond donors (Lipinski definition) is 2. The predicted molar refractivity (Wildman–Crippen MR) is 71.0 cm³/mol. The molecule has 102 valence electrons. The Labute approximate surface area is 106 Å². The summed E-state index contributed by atoms with van der Waals surface area (Å²) in [5, 5.41) is 18.9. The van der Waals surface area contributed by atoms with Gasteiger partial charge in [0.15, 0.2) is 0 Å². The second-order valence-corrected chi connectivity index (χ2v) is 6.37. The normalized spacial score (nSPS) is 24.2. The highest BCUT2D eigenvalue weighted by Gasteiger charge is 2.27. The third-order valence-electron chi connectivity index (χ3n) is 3.88. The van der Waals surface area contributed by atoms with Gasteiger partial charge in [-0.25, -0.2) is 0 Å². The van der Waals surface area contributed by atoms with E-state index in [0.29, 0.717) is 12.6 Å². The summed E-state index contributed by atoms with van der Waals surface area (Å²) in [5.74, 6) is 0. The Hall–Kier alpha value is -0.120. The van der Waals surface area contributed by atoms with Crippen molar-refractivity contribution in [1.82, 2.24) is 4.90 Å². The Morgan fingerprint density at radius 2 is 2.06 bits per heavy atom. The molecule has 0 radical (unpaired) electrons. The highest BCUT2D eigenvalue weighted by atomic mass is 16.3. The standard InChI is InChI=1S/C14H29NO2/c1-14(2,3)13(17)8-10-15-9-4-6-12(15)7-5-11-16/h12-13,16-17H,4-11H2,1-3H3. The van der Waals surface area contributed by atoms with Gasteiger partial charge in [-0.2, -0.15) is 0 Å². The van der Waals surface area contributed by atoms with Gasteiger partial charge in [-0.05, 0) is 44.1 Å². The maximum atomic E-state index is 10.0. The second-order valence-electron chi connectivity index (χ2n) is 6.37. The SMILES string of the molecule is CC(C)(C)C(O)CCN1CCCC1CCCO. The topological polar surface area (TPSA) is 43.7 Å². The van der Waals surface area contributed by atoms with Crippen molar-refractivity contribution in [3.63, 3.8) is 0 Å². The van der Waals surface area contributed by atoms with E-state index in [1.165, 1.54) is 12.8 Å². The summed E-state index contributed by atoms with van der Waals surface area (Å²) in [6.45, 7) is 8.72. The average molecular weight is 243 g/mol. The smallest absolute Gasteiger partial charge is 0.0600 e. The number of aliphatic hydroxyl groups excluding tert-OH is 2. The Kier molecular flexibility index (Phi) is 5.90. The molecule has 1 aliphatic rings. The van der Waals surface area contributed by atoms with Crippen LogP contribution in [0.3, 0.4) is 0 Å². The number of likely N-dealkylation sites (tertiary alicyclic amines) is 1. The highest BCUT2D eigenvalue weighted by molar-refractivity contribution is 4.81. The molecule has 1 heterocycles. The molecule has 1 rings (SSSR count). The molecular formula is C14H29NO2. The quantitative estimate of drug-likeness (QED) is 0.750. The fourth-order valence-corrected chi connectivity index (χ4v) is 2.56. The molecule has 0 aromatic carbocycles. The minimum atomic E-state index is -0.221. The van der Waals surface area contributed by atoms with Gasteiger partial charge in [0.2, 0.25) is 0 Å². The lowest BCUT2D eigenvalue weighted by Gasteiger charge is -2.30. The molecule has 17 heavy (non-hydrogen) atoms. The summed E-state index contributed by atoms with van der Waals surface area (Å²) in [6.07, 6.45) is 5.17. The van der Waals surface area contributed by atoms with Crippen LogP contribution < -0.4 is 0 Å². The zero-order chi connectivity index (χ0) is 12.9. The Balaban J connectivity index is 2.30. The van der Waals surface area contributed by atoms with Gasteiger partial charge in [0.25, 0.3) is 0 Å². The van der Waals surface area contributed by atoms with Crippen molar-refractivity contribution < 1.29 is 10.2 Å². The molecule has 0 bridgehead atoms. The molecule has 0 aromatic heterocycles. The maximum absolute atomic E-state index is 10.0. The molecule has 1 fully saturated rings. The van der Waals surface area contributed by atoms with Gasteiger partial charge in [-0.15, -0.1) is 0 Å². The maximum Gasteiger partial charge on any atom is 0.0600 e. The molecule has 3 heteroatoms. The van der Waals surface area contributed by atoms with Gasteiger partial charge >= 0.3 is 0 Å². The monoisotopic (exact) mass is 243 g/mol. The van der Waals surface area contributed by atoms with Crippen LogP contribution in [0.2, 0.25) is 0 Å². The molecule has 2 N–H and O–H groups in total. The van der Waals surface area contributed by atoms with Gasteiger partial charge < -0.3 is 15.1 Å². The Bertz CT molecular complexity index is 213. The van der Waals surface area contributed by atoms with E-state index in [4.69, 9.17) is 5.11 Å². The summed E-state index contributed by atoms with van der Waals surface area (Å²) in [6, 6.07) is 0.634. The molecular weight excluding hydrogens is 214 g/mol. The van der Waals surface area contributed by atoms with Crippen LogP contribution >= 0.6 is 0 Å². The van der Waals surface area contributed by atoms with Gasteiger partial charge in [-0.3, -0.25) is 0 Å². The molecule has 0 aromatic rings. The number of aliphatic hydroxyl groups is 2. The summed E-state index contributed by atoms with van der Waals surface area (Å²) >= 11 is 0. The predicted octanol–water partition coefficient (Wildman–Crippen LogP) is 2.02. The number of hydrogen-bond acceptors (Lipinski definition) is 3. The van der Waals surface area contributed by atoms with Crippen LogP contribution in [0.5, 0.6) is 0 Å². The van der Waals surface area contributed by atoms with E-state index >= 15 is 0 Å². The van der Waals surface area contributed by atoms with Crippen LogP contribution in [0.1, 0.15) is 52.9 Å². The van der Waals surface area contributed by atoms with Crippen LogP contribution in [0.25, 0.3) is 0 Å². The lowest BCUT2D eigenvalue weighted by Crippen LogP contribution is -2.35. The molecule has 1 saturated heterocycles. The largest absolute Gasteiger partial charge is 0.396 e. The lowest BCUT2D eigenvalue weighted by atomic mass is 9.87. The Morgan fingerprint density at radius 1 is 1.35 bits per heavy atom. The minimum Gasteiger partial charge on any atom is -0.396 e. The van der Waals surface area contributed by atoms with Crippen molar-refractivity contribution in [3.8, 4) is 0 Å². The first-order valence-electron chi connectivity index (χ1n) is 6.98. The lowest BCUT2D eigenvalue weighted by molar-refractivity contribution is 0.0437.